The van der Waals surface area contributed by atoms with Gasteiger partial charge in [-0.1, -0.05) is 11.6 Å². The molecule has 0 aliphatic heterocycles. The summed E-state index contributed by atoms with van der Waals surface area (Å²) in [7, 11) is 0. The number of rotatable bonds is 3. The zero-order chi connectivity index (χ0) is 21.4. The molecule has 0 saturated heterocycles. The van der Waals surface area contributed by atoms with Crippen LogP contribution < -0.4 is 5.32 Å². The van der Waals surface area contributed by atoms with Gasteiger partial charge in [0.25, 0.3) is 5.91 Å². The molecule has 0 radical (unpaired) electrons. The SMILES string of the molecule is O=C(Nc1ccc(Cl)c(C(F)(F)F)c1)c1coc(-c2ccc(C(F)(F)F)cc2)n1. The van der Waals surface area contributed by atoms with Crippen molar-refractivity contribution in [2.24, 2.45) is 0 Å². The maximum absolute atomic E-state index is 12.9. The lowest BCUT2D eigenvalue weighted by molar-refractivity contribution is -0.138. The van der Waals surface area contributed by atoms with Crippen LogP contribution in [0.1, 0.15) is 21.6 Å². The zero-order valence-electron chi connectivity index (χ0n) is 14.0. The maximum atomic E-state index is 12.9. The molecule has 152 valence electrons. The first-order valence-corrected chi connectivity index (χ1v) is 8.14. The molecule has 1 aromatic heterocycles. The molecule has 0 atom stereocenters. The smallest absolute Gasteiger partial charge is 0.417 e. The van der Waals surface area contributed by atoms with Crippen LogP contribution in [-0.4, -0.2) is 10.9 Å². The van der Waals surface area contributed by atoms with Crippen LogP contribution in [0.3, 0.4) is 0 Å². The topological polar surface area (TPSA) is 55.1 Å². The number of hydrogen-bond donors (Lipinski definition) is 1. The molecular weight excluding hydrogens is 426 g/mol. The molecule has 1 heterocycles. The number of nitrogens with zero attached hydrogens (tertiary/aromatic N) is 1. The molecule has 3 aromatic rings. The van der Waals surface area contributed by atoms with Crippen molar-refractivity contribution in [3.8, 4) is 11.5 Å². The Morgan fingerprint density at radius 3 is 2.21 bits per heavy atom. The third kappa shape index (κ3) is 4.70. The summed E-state index contributed by atoms with van der Waals surface area (Å²) < 4.78 is 81.5. The molecule has 11 heteroatoms. The van der Waals surface area contributed by atoms with E-state index in [4.69, 9.17) is 16.0 Å². The number of nitrogens with one attached hydrogen (secondary N) is 1. The van der Waals surface area contributed by atoms with Gasteiger partial charge in [0, 0.05) is 11.3 Å². The molecule has 0 aliphatic rings. The molecule has 1 amide bonds. The Balaban J connectivity index is 1.78. The van der Waals surface area contributed by atoms with Crippen molar-refractivity contribution in [3.05, 3.63) is 70.6 Å². The van der Waals surface area contributed by atoms with Crippen LogP contribution in [0.2, 0.25) is 5.02 Å². The third-order valence-corrected chi connectivity index (χ3v) is 4.06. The summed E-state index contributed by atoms with van der Waals surface area (Å²) in [4.78, 5) is 16.0. The van der Waals surface area contributed by atoms with E-state index in [9.17, 15) is 31.1 Å². The van der Waals surface area contributed by atoms with Gasteiger partial charge in [-0.05, 0) is 42.5 Å². The van der Waals surface area contributed by atoms with Crippen molar-refractivity contribution < 1.29 is 35.6 Å². The fraction of sp³-hybridized carbons (Fsp3) is 0.111. The molecular formula is C18H9ClF6N2O2. The fourth-order valence-corrected chi connectivity index (χ4v) is 2.55. The second kappa shape index (κ2) is 7.43. The molecule has 0 unspecified atom stereocenters. The maximum Gasteiger partial charge on any atom is 0.417 e. The summed E-state index contributed by atoms with van der Waals surface area (Å²) in [6.45, 7) is 0. The van der Waals surface area contributed by atoms with Gasteiger partial charge in [-0.3, -0.25) is 4.79 Å². The van der Waals surface area contributed by atoms with Gasteiger partial charge in [-0.25, -0.2) is 4.98 Å². The van der Waals surface area contributed by atoms with Crippen LogP contribution in [0, 0.1) is 0 Å². The van der Waals surface area contributed by atoms with E-state index in [-0.39, 0.29) is 22.8 Å². The van der Waals surface area contributed by atoms with Crippen molar-refractivity contribution in [1.82, 2.24) is 4.98 Å². The number of aromatic nitrogens is 1. The predicted molar refractivity (Wildman–Crippen MR) is 91.3 cm³/mol. The van der Waals surface area contributed by atoms with Crippen LogP contribution in [-0.2, 0) is 12.4 Å². The number of carbonyl (C=O) groups is 1. The van der Waals surface area contributed by atoms with Crippen molar-refractivity contribution in [2.45, 2.75) is 12.4 Å². The van der Waals surface area contributed by atoms with E-state index in [1.54, 1.807) is 0 Å². The van der Waals surface area contributed by atoms with E-state index in [0.29, 0.717) is 6.07 Å². The normalized spacial score (nSPS) is 12.1. The van der Waals surface area contributed by atoms with Crippen LogP contribution >= 0.6 is 11.6 Å². The average molecular weight is 435 g/mol. The van der Waals surface area contributed by atoms with E-state index in [1.807, 2.05) is 0 Å². The van der Waals surface area contributed by atoms with Crippen LogP contribution in [0.15, 0.2) is 53.1 Å². The van der Waals surface area contributed by atoms with Gasteiger partial charge in [-0.2, -0.15) is 26.3 Å². The lowest BCUT2D eigenvalue weighted by Gasteiger charge is -2.11. The minimum absolute atomic E-state index is 0.129. The number of halogens is 7. The van der Waals surface area contributed by atoms with E-state index in [0.717, 1.165) is 36.6 Å². The fourth-order valence-electron chi connectivity index (χ4n) is 2.33. The van der Waals surface area contributed by atoms with Crippen molar-refractivity contribution >= 4 is 23.2 Å². The first-order valence-electron chi connectivity index (χ1n) is 7.76. The van der Waals surface area contributed by atoms with Gasteiger partial charge in [-0.15, -0.1) is 0 Å². The zero-order valence-corrected chi connectivity index (χ0v) is 14.8. The standard InChI is InChI=1S/C18H9ClF6N2O2/c19-13-6-5-11(7-12(13)18(23,24)25)26-15(28)14-8-29-16(27-14)9-1-3-10(4-2-9)17(20,21)22/h1-8H,(H,26,28). The van der Waals surface area contributed by atoms with Crippen molar-refractivity contribution in [1.29, 1.82) is 0 Å². The molecule has 0 spiro atoms. The number of oxazole rings is 1. The molecule has 2 aromatic carbocycles. The first-order chi connectivity index (χ1) is 13.4. The Morgan fingerprint density at radius 2 is 1.62 bits per heavy atom. The summed E-state index contributed by atoms with van der Waals surface area (Å²) in [6, 6.07) is 6.70. The highest BCUT2D eigenvalue weighted by Crippen LogP contribution is 2.36. The minimum atomic E-state index is -4.71. The van der Waals surface area contributed by atoms with Crippen LogP contribution in [0.5, 0.6) is 0 Å². The molecule has 0 saturated carbocycles. The highest BCUT2D eigenvalue weighted by molar-refractivity contribution is 6.31. The van der Waals surface area contributed by atoms with E-state index in [1.165, 1.54) is 6.07 Å². The van der Waals surface area contributed by atoms with Gasteiger partial charge in [0.2, 0.25) is 5.89 Å². The molecule has 4 nitrogen and oxygen atoms in total. The van der Waals surface area contributed by atoms with Crippen molar-refractivity contribution in [2.75, 3.05) is 5.32 Å². The largest absolute Gasteiger partial charge is 0.444 e. The predicted octanol–water partition coefficient (Wildman–Crippen LogP) is 6.28. The molecule has 0 aliphatic carbocycles. The second-order valence-electron chi connectivity index (χ2n) is 5.76. The Kier molecular flexibility index (Phi) is 5.31. The summed E-state index contributed by atoms with van der Waals surface area (Å²) >= 11 is 5.51. The molecule has 1 N–H and O–H groups in total. The molecule has 0 fully saturated rings. The molecule has 0 bridgehead atoms. The van der Waals surface area contributed by atoms with Crippen LogP contribution in [0.25, 0.3) is 11.5 Å². The summed E-state index contributed by atoms with van der Waals surface area (Å²) in [5.74, 6) is -1.00. The molecule has 29 heavy (non-hydrogen) atoms. The minimum Gasteiger partial charge on any atom is -0.444 e. The lowest BCUT2D eigenvalue weighted by atomic mass is 10.1. The first kappa shape index (κ1) is 20.7. The number of benzene rings is 2. The van der Waals surface area contributed by atoms with Crippen molar-refractivity contribution in [3.63, 3.8) is 0 Å². The lowest BCUT2D eigenvalue weighted by Crippen LogP contribution is -2.14. The quantitative estimate of drug-likeness (QED) is 0.493. The highest BCUT2D eigenvalue weighted by atomic mass is 35.5. The Hall–Kier alpha value is -3.01. The third-order valence-electron chi connectivity index (χ3n) is 3.73. The van der Waals surface area contributed by atoms with Gasteiger partial charge < -0.3 is 9.73 Å². The van der Waals surface area contributed by atoms with Crippen LogP contribution in [0.4, 0.5) is 32.0 Å². The number of amides is 1. The second-order valence-corrected chi connectivity index (χ2v) is 6.17. The molecule has 3 rings (SSSR count). The van der Waals surface area contributed by atoms with Gasteiger partial charge in [0.05, 0.1) is 16.1 Å². The number of anilines is 1. The van der Waals surface area contributed by atoms with E-state index in [2.05, 4.69) is 10.3 Å². The monoisotopic (exact) mass is 434 g/mol. The van der Waals surface area contributed by atoms with Gasteiger partial charge in [0.1, 0.15) is 6.26 Å². The summed E-state index contributed by atoms with van der Waals surface area (Å²) in [5, 5.41) is 1.70. The Bertz CT molecular complexity index is 1040. The Morgan fingerprint density at radius 1 is 0.966 bits per heavy atom. The van der Waals surface area contributed by atoms with E-state index >= 15 is 0 Å². The summed E-state index contributed by atoms with van der Waals surface area (Å²) in [5.41, 5.74) is -2.26. The average Bonchev–Trinajstić information content (AvgIpc) is 3.12. The number of alkyl halides is 6. The number of carbonyl (C=O) groups excluding carboxylic acids is 1. The van der Waals surface area contributed by atoms with E-state index < -0.39 is 34.4 Å². The van der Waals surface area contributed by atoms with Gasteiger partial charge in [0.15, 0.2) is 5.69 Å². The van der Waals surface area contributed by atoms with Gasteiger partial charge >= 0.3 is 12.4 Å². The highest BCUT2D eigenvalue weighted by Gasteiger charge is 2.33. The number of hydrogen-bond acceptors (Lipinski definition) is 3. The Labute approximate surface area is 164 Å². The summed E-state index contributed by atoms with van der Waals surface area (Å²) in [6.07, 6.45) is -8.28.